The summed E-state index contributed by atoms with van der Waals surface area (Å²) in [7, 11) is 0. The molecule has 0 fully saturated rings. The van der Waals surface area contributed by atoms with Crippen molar-refractivity contribution < 1.29 is 14.2 Å². The summed E-state index contributed by atoms with van der Waals surface area (Å²) in [6.45, 7) is 0.219. The van der Waals surface area contributed by atoms with Crippen LogP contribution in [0.2, 0.25) is 5.02 Å². The Balaban J connectivity index is 2.04. The Morgan fingerprint density at radius 3 is 2.42 bits per heavy atom. The molecule has 1 N–H and O–H groups in total. The maximum atomic E-state index is 12.8. The third-order valence-electron chi connectivity index (χ3n) is 2.83. The van der Waals surface area contributed by atoms with E-state index < -0.39 is 0 Å². The first-order valence-electron chi connectivity index (χ1n) is 5.94. The van der Waals surface area contributed by atoms with Crippen LogP contribution >= 0.6 is 11.6 Å². The van der Waals surface area contributed by atoms with E-state index in [-0.39, 0.29) is 24.9 Å². The van der Waals surface area contributed by atoms with Gasteiger partial charge in [0.2, 0.25) is 0 Å². The Kier molecular flexibility index (Phi) is 4.77. The molecule has 2 rings (SSSR count). The van der Waals surface area contributed by atoms with Crippen molar-refractivity contribution in [2.75, 3.05) is 13.2 Å². The number of aliphatic hydroxyl groups excluding tert-OH is 1. The third kappa shape index (κ3) is 3.69. The molecule has 0 aromatic heterocycles. The maximum absolute atomic E-state index is 12.8. The lowest BCUT2D eigenvalue weighted by Gasteiger charge is -2.17. The van der Waals surface area contributed by atoms with Gasteiger partial charge >= 0.3 is 0 Å². The summed E-state index contributed by atoms with van der Waals surface area (Å²) in [6, 6.07) is 13.1. The van der Waals surface area contributed by atoms with Gasteiger partial charge in [-0.25, -0.2) is 4.39 Å². The van der Waals surface area contributed by atoms with Crippen LogP contribution in [0.25, 0.3) is 0 Å². The van der Waals surface area contributed by atoms with Crippen molar-refractivity contribution in [1.82, 2.24) is 0 Å². The molecule has 2 aromatic rings. The molecule has 0 saturated heterocycles. The number of aliphatic hydroxyl groups is 1. The zero-order chi connectivity index (χ0) is 13.7. The van der Waals surface area contributed by atoms with Crippen LogP contribution in [0.1, 0.15) is 11.5 Å². The predicted molar refractivity (Wildman–Crippen MR) is 73.2 cm³/mol. The third-order valence-corrected chi connectivity index (χ3v) is 3.17. The highest BCUT2D eigenvalue weighted by molar-refractivity contribution is 6.31. The number of hydrogen-bond donors (Lipinski definition) is 1. The number of halogens is 2. The van der Waals surface area contributed by atoms with E-state index in [1.807, 2.05) is 18.2 Å². The van der Waals surface area contributed by atoms with Crippen LogP contribution < -0.4 is 4.74 Å². The maximum Gasteiger partial charge on any atom is 0.123 e. The van der Waals surface area contributed by atoms with E-state index in [0.717, 1.165) is 5.56 Å². The molecule has 0 spiro atoms. The summed E-state index contributed by atoms with van der Waals surface area (Å²) in [6.07, 6.45) is 0. The molecule has 0 saturated carbocycles. The van der Waals surface area contributed by atoms with Gasteiger partial charge in [0.05, 0.1) is 13.2 Å². The second-order valence-electron chi connectivity index (χ2n) is 4.17. The normalized spacial score (nSPS) is 12.2. The van der Waals surface area contributed by atoms with Gasteiger partial charge in [-0.1, -0.05) is 29.8 Å². The Morgan fingerprint density at radius 2 is 1.79 bits per heavy atom. The van der Waals surface area contributed by atoms with Crippen molar-refractivity contribution in [2.45, 2.75) is 5.92 Å². The fourth-order valence-corrected chi connectivity index (χ4v) is 2.06. The summed E-state index contributed by atoms with van der Waals surface area (Å²) < 4.78 is 18.3. The monoisotopic (exact) mass is 280 g/mol. The van der Waals surface area contributed by atoms with Crippen LogP contribution in [0, 0.1) is 5.82 Å². The Morgan fingerprint density at radius 1 is 1.11 bits per heavy atom. The molecule has 0 heterocycles. The van der Waals surface area contributed by atoms with Crippen molar-refractivity contribution in [1.29, 1.82) is 0 Å². The topological polar surface area (TPSA) is 29.5 Å². The zero-order valence-corrected chi connectivity index (χ0v) is 11.0. The Hall–Kier alpha value is -1.58. The van der Waals surface area contributed by atoms with E-state index >= 15 is 0 Å². The average Bonchev–Trinajstić information content (AvgIpc) is 2.43. The predicted octanol–water partition coefficient (Wildman–Crippen LogP) is 3.63. The molecule has 0 aliphatic rings. The molecule has 0 radical (unpaired) electrons. The largest absolute Gasteiger partial charge is 0.493 e. The number of benzene rings is 2. The van der Waals surface area contributed by atoms with Gasteiger partial charge in [0.1, 0.15) is 11.6 Å². The molecule has 0 aliphatic heterocycles. The van der Waals surface area contributed by atoms with E-state index in [4.69, 9.17) is 16.3 Å². The minimum absolute atomic E-state index is 0.0646. The molecule has 100 valence electrons. The van der Waals surface area contributed by atoms with E-state index in [0.29, 0.717) is 10.8 Å². The summed E-state index contributed by atoms with van der Waals surface area (Å²) >= 11 is 6.08. The lowest BCUT2D eigenvalue weighted by Crippen LogP contribution is -2.14. The van der Waals surface area contributed by atoms with Crippen molar-refractivity contribution in [3.63, 3.8) is 0 Å². The first kappa shape index (κ1) is 13.8. The second kappa shape index (κ2) is 6.55. The highest BCUT2D eigenvalue weighted by atomic mass is 35.5. The zero-order valence-electron chi connectivity index (χ0n) is 10.2. The Labute approximate surface area is 116 Å². The molecule has 19 heavy (non-hydrogen) atoms. The second-order valence-corrected chi connectivity index (χ2v) is 4.57. The lowest BCUT2D eigenvalue weighted by atomic mass is 10.0. The van der Waals surface area contributed by atoms with Crippen LogP contribution in [0.3, 0.4) is 0 Å². The average molecular weight is 281 g/mol. The van der Waals surface area contributed by atoms with Crippen LogP contribution in [-0.2, 0) is 0 Å². The molecular weight excluding hydrogens is 267 g/mol. The van der Waals surface area contributed by atoms with Crippen LogP contribution in [0.4, 0.5) is 4.39 Å². The van der Waals surface area contributed by atoms with Gasteiger partial charge in [-0.15, -0.1) is 0 Å². The highest BCUT2D eigenvalue weighted by Crippen LogP contribution is 2.25. The fourth-order valence-electron chi connectivity index (χ4n) is 1.77. The van der Waals surface area contributed by atoms with E-state index in [1.165, 1.54) is 12.1 Å². The molecule has 2 aromatic carbocycles. The quantitative estimate of drug-likeness (QED) is 0.906. The summed E-state index contributed by atoms with van der Waals surface area (Å²) in [5.41, 5.74) is 0.841. The molecule has 1 atom stereocenters. The number of ether oxygens (including phenoxy) is 1. The van der Waals surface area contributed by atoms with Gasteiger partial charge in [-0.3, -0.25) is 0 Å². The lowest BCUT2D eigenvalue weighted by molar-refractivity contribution is 0.205. The molecule has 0 amide bonds. The van der Waals surface area contributed by atoms with Gasteiger partial charge in [0.25, 0.3) is 0 Å². The minimum Gasteiger partial charge on any atom is -0.493 e. The van der Waals surface area contributed by atoms with E-state index in [9.17, 15) is 9.50 Å². The fraction of sp³-hybridized carbons (Fsp3) is 0.200. The number of rotatable bonds is 5. The molecule has 2 nitrogen and oxygen atoms in total. The van der Waals surface area contributed by atoms with E-state index in [2.05, 4.69) is 0 Å². The molecule has 1 unspecified atom stereocenters. The molecule has 0 bridgehead atoms. The SMILES string of the molecule is OCC(COc1ccc(F)cc1)c1ccccc1Cl. The molecular formula is C15H14ClFO2. The smallest absolute Gasteiger partial charge is 0.123 e. The molecule has 0 aliphatic carbocycles. The first-order chi connectivity index (χ1) is 9.20. The van der Waals surface area contributed by atoms with Gasteiger partial charge in [-0.05, 0) is 35.9 Å². The summed E-state index contributed by atoms with van der Waals surface area (Å²) in [5, 5.41) is 10.0. The van der Waals surface area contributed by atoms with Crippen molar-refractivity contribution in [3.8, 4) is 5.75 Å². The highest BCUT2D eigenvalue weighted by Gasteiger charge is 2.14. The van der Waals surface area contributed by atoms with Gasteiger partial charge in [0, 0.05) is 10.9 Å². The summed E-state index contributed by atoms with van der Waals surface area (Å²) in [5.74, 6) is 0.0443. The van der Waals surface area contributed by atoms with Crippen LogP contribution in [0.15, 0.2) is 48.5 Å². The van der Waals surface area contributed by atoms with Crippen molar-refractivity contribution in [3.05, 3.63) is 64.9 Å². The van der Waals surface area contributed by atoms with Crippen molar-refractivity contribution >= 4 is 11.6 Å². The van der Waals surface area contributed by atoms with Gasteiger partial charge < -0.3 is 9.84 Å². The van der Waals surface area contributed by atoms with Gasteiger partial charge in [0.15, 0.2) is 0 Å². The van der Waals surface area contributed by atoms with Crippen LogP contribution in [-0.4, -0.2) is 18.3 Å². The van der Waals surface area contributed by atoms with Crippen LogP contribution in [0.5, 0.6) is 5.75 Å². The summed E-state index contributed by atoms with van der Waals surface area (Å²) in [4.78, 5) is 0. The van der Waals surface area contributed by atoms with Crippen molar-refractivity contribution in [2.24, 2.45) is 0 Å². The standard InChI is InChI=1S/C15H14ClFO2/c16-15-4-2-1-3-14(15)11(9-18)10-19-13-7-5-12(17)6-8-13/h1-8,11,18H,9-10H2. The number of hydrogen-bond acceptors (Lipinski definition) is 2. The Bertz CT molecular complexity index is 528. The first-order valence-corrected chi connectivity index (χ1v) is 6.32. The molecule has 4 heteroatoms. The van der Waals surface area contributed by atoms with Gasteiger partial charge in [-0.2, -0.15) is 0 Å². The van der Waals surface area contributed by atoms with E-state index in [1.54, 1.807) is 18.2 Å². The minimum atomic E-state index is -0.308.